The highest BCUT2D eigenvalue weighted by Crippen LogP contribution is 2.08. The quantitative estimate of drug-likeness (QED) is 0.777. The fourth-order valence-corrected chi connectivity index (χ4v) is 2.06. The molecule has 1 heterocycles. The van der Waals surface area contributed by atoms with Gasteiger partial charge in [-0.15, -0.1) is 0 Å². The molecule has 0 aliphatic heterocycles. The van der Waals surface area contributed by atoms with Gasteiger partial charge in [0, 0.05) is 12.8 Å². The zero-order chi connectivity index (χ0) is 14.4. The Morgan fingerprint density at radius 2 is 1.95 bits per heavy atom. The third-order valence-electron chi connectivity index (χ3n) is 2.97. The van der Waals surface area contributed by atoms with Gasteiger partial charge in [-0.05, 0) is 17.9 Å². The molecule has 4 heteroatoms. The van der Waals surface area contributed by atoms with E-state index in [9.17, 15) is 4.79 Å². The molecular formula is C16H20N2O2. The maximum Gasteiger partial charge on any atom is 0.234 e. The van der Waals surface area contributed by atoms with E-state index < -0.39 is 0 Å². The minimum absolute atomic E-state index is 0.151. The lowest BCUT2D eigenvalue weighted by molar-refractivity contribution is -0.119. The van der Waals surface area contributed by atoms with Crippen LogP contribution in [0.25, 0.3) is 0 Å². The van der Waals surface area contributed by atoms with Crippen LogP contribution in [-0.4, -0.2) is 15.9 Å². The molecule has 0 atom stereocenters. The molecule has 106 valence electrons. The number of benzene rings is 1. The van der Waals surface area contributed by atoms with Crippen molar-refractivity contribution in [1.82, 2.24) is 10.1 Å². The molecule has 2 aromatic rings. The van der Waals surface area contributed by atoms with Gasteiger partial charge in [0.25, 0.3) is 0 Å². The van der Waals surface area contributed by atoms with Gasteiger partial charge in [0.05, 0.1) is 6.42 Å². The summed E-state index contributed by atoms with van der Waals surface area (Å²) in [5, 5.41) is 3.93. The minimum atomic E-state index is 0.151. The summed E-state index contributed by atoms with van der Waals surface area (Å²) in [6, 6.07) is 10.2. The fourth-order valence-electron chi connectivity index (χ4n) is 2.06. The van der Waals surface area contributed by atoms with E-state index in [4.69, 9.17) is 4.52 Å². The molecule has 2 rings (SSSR count). The van der Waals surface area contributed by atoms with Crippen LogP contribution < -0.4 is 0 Å². The number of ketones is 1. The van der Waals surface area contributed by atoms with Crippen LogP contribution >= 0.6 is 0 Å². The molecule has 0 saturated heterocycles. The van der Waals surface area contributed by atoms with Crippen molar-refractivity contribution in [2.45, 2.75) is 39.5 Å². The predicted molar refractivity (Wildman–Crippen MR) is 76.3 cm³/mol. The van der Waals surface area contributed by atoms with Crippen LogP contribution in [0.3, 0.4) is 0 Å². The molecule has 4 nitrogen and oxygen atoms in total. The van der Waals surface area contributed by atoms with Gasteiger partial charge < -0.3 is 4.52 Å². The largest absolute Gasteiger partial charge is 0.339 e. The summed E-state index contributed by atoms with van der Waals surface area (Å²) < 4.78 is 5.12. The normalized spacial score (nSPS) is 10.9. The number of Topliss-reactive ketones (excluding diaryl/α,β-unsaturated/α-hetero) is 1. The Kier molecular flexibility index (Phi) is 5.04. The van der Waals surface area contributed by atoms with Crippen molar-refractivity contribution < 1.29 is 9.32 Å². The van der Waals surface area contributed by atoms with Crippen molar-refractivity contribution in [3.63, 3.8) is 0 Å². The molecular weight excluding hydrogens is 252 g/mol. The first-order valence-electron chi connectivity index (χ1n) is 7.00. The standard InChI is InChI=1S/C16H20N2O2/c1-12(2)10-14(19)11-16-17-15(18-20-16)9-8-13-6-4-3-5-7-13/h3-7,12H,8-11H2,1-2H3. The second kappa shape index (κ2) is 6.98. The van der Waals surface area contributed by atoms with E-state index >= 15 is 0 Å². The second-order valence-electron chi connectivity index (χ2n) is 5.40. The Morgan fingerprint density at radius 1 is 1.20 bits per heavy atom. The van der Waals surface area contributed by atoms with Crippen LogP contribution in [0.5, 0.6) is 0 Å². The highest BCUT2D eigenvalue weighted by molar-refractivity contribution is 5.80. The van der Waals surface area contributed by atoms with Crippen molar-refractivity contribution in [1.29, 1.82) is 0 Å². The number of aryl methyl sites for hydroxylation is 2. The zero-order valence-electron chi connectivity index (χ0n) is 12.0. The summed E-state index contributed by atoms with van der Waals surface area (Å²) in [5.41, 5.74) is 1.25. The first-order valence-corrected chi connectivity index (χ1v) is 7.00. The third-order valence-corrected chi connectivity index (χ3v) is 2.97. The molecule has 0 radical (unpaired) electrons. The SMILES string of the molecule is CC(C)CC(=O)Cc1nc(CCc2ccccc2)no1. The molecule has 0 saturated carbocycles. The maximum absolute atomic E-state index is 11.7. The van der Waals surface area contributed by atoms with E-state index in [1.165, 1.54) is 5.56 Å². The first-order chi connectivity index (χ1) is 9.63. The van der Waals surface area contributed by atoms with Crippen molar-refractivity contribution >= 4 is 5.78 Å². The zero-order valence-corrected chi connectivity index (χ0v) is 12.0. The minimum Gasteiger partial charge on any atom is -0.339 e. The summed E-state index contributed by atoms with van der Waals surface area (Å²) in [7, 11) is 0. The smallest absolute Gasteiger partial charge is 0.234 e. The number of rotatable bonds is 7. The van der Waals surface area contributed by atoms with Crippen molar-refractivity contribution in [2.75, 3.05) is 0 Å². The van der Waals surface area contributed by atoms with Gasteiger partial charge in [0.2, 0.25) is 5.89 Å². The number of carbonyl (C=O) groups is 1. The summed E-state index contributed by atoms with van der Waals surface area (Å²) in [5.74, 6) is 1.61. The van der Waals surface area contributed by atoms with Crippen LogP contribution in [0.15, 0.2) is 34.9 Å². The molecule has 0 aliphatic rings. The summed E-state index contributed by atoms with van der Waals surface area (Å²) in [6.45, 7) is 4.05. The van der Waals surface area contributed by atoms with Gasteiger partial charge in [0.15, 0.2) is 5.82 Å². The topological polar surface area (TPSA) is 56.0 Å². The lowest BCUT2D eigenvalue weighted by atomic mass is 10.1. The molecule has 1 aromatic heterocycles. The Bertz CT molecular complexity index is 547. The highest BCUT2D eigenvalue weighted by atomic mass is 16.5. The number of hydrogen-bond acceptors (Lipinski definition) is 4. The molecule has 20 heavy (non-hydrogen) atoms. The van der Waals surface area contributed by atoms with Gasteiger partial charge in [-0.2, -0.15) is 4.98 Å². The Morgan fingerprint density at radius 3 is 2.65 bits per heavy atom. The van der Waals surface area contributed by atoms with Crippen LogP contribution in [0.2, 0.25) is 0 Å². The highest BCUT2D eigenvalue weighted by Gasteiger charge is 2.12. The molecule has 0 aliphatic carbocycles. The van der Waals surface area contributed by atoms with E-state index in [0.717, 1.165) is 12.8 Å². The van der Waals surface area contributed by atoms with Gasteiger partial charge >= 0.3 is 0 Å². The lowest BCUT2D eigenvalue weighted by Gasteiger charge is -2.00. The lowest BCUT2D eigenvalue weighted by Crippen LogP contribution is -2.06. The Labute approximate surface area is 119 Å². The van der Waals surface area contributed by atoms with Crippen molar-refractivity contribution in [2.24, 2.45) is 5.92 Å². The van der Waals surface area contributed by atoms with Crippen LogP contribution in [0, 0.1) is 5.92 Å². The molecule has 1 aromatic carbocycles. The Balaban J connectivity index is 1.84. The molecule has 0 amide bonds. The van der Waals surface area contributed by atoms with Crippen LogP contribution in [-0.2, 0) is 24.1 Å². The molecule has 0 bridgehead atoms. The van der Waals surface area contributed by atoms with Crippen LogP contribution in [0.4, 0.5) is 0 Å². The Hall–Kier alpha value is -1.97. The van der Waals surface area contributed by atoms with Gasteiger partial charge in [-0.25, -0.2) is 0 Å². The maximum atomic E-state index is 11.7. The van der Waals surface area contributed by atoms with Gasteiger partial charge in [0.1, 0.15) is 5.78 Å². The fraction of sp³-hybridized carbons (Fsp3) is 0.438. The van der Waals surface area contributed by atoms with E-state index in [1.54, 1.807) is 0 Å². The molecule has 0 spiro atoms. The molecule has 0 unspecified atom stereocenters. The molecule has 0 N–H and O–H groups in total. The molecule has 0 fully saturated rings. The first kappa shape index (κ1) is 14.4. The summed E-state index contributed by atoms with van der Waals surface area (Å²) in [6.07, 6.45) is 2.41. The van der Waals surface area contributed by atoms with E-state index in [0.29, 0.717) is 24.1 Å². The van der Waals surface area contributed by atoms with E-state index in [-0.39, 0.29) is 12.2 Å². The number of carbonyl (C=O) groups excluding carboxylic acids is 1. The number of nitrogens with zero attached hydrogens (tertiary/aromatic N) is 2. The number of aromatic nitrogens is 2. The predicted octanol–water partition coefficient (Wildman–Crippen LogP) is 3.01. The van der Waals surface area contributed by atoms with Crippen molar-refractivity contribution in [3.05, 3.63) is 47.6 Å². The number of hydrogen-bond donors (Lipinski definition) is 0. The van der Waals surface area contributed by atoms with Gasteiger partial charge in [-0.1, -0.05) is 49.3 Å². The third kappa shape index (κ3) is 4.61. The average molecular weight is 272 g/mol. The average Bonchev–Trinajstić information content (AvgIpc) is 2.84. The van der Waals surface area contributed by atoms with Crippen LogP contribution in [0.1, 0.15) is 37.5 Å². The van der Waals surface area contributed by atoms with Gasteiger partial charge in [-0.3, -0.25) is 4.79 Å². The van der Waals surface area contributed by atoms with E-state index in [2.05, 4.69) is 22.3 Å². The monoisotopic (exact) mass is 272 g/mol. The summed E-state index contributed by atoms with van der Waals surface area (Å²) >= 11 is 0. The van der Waals surface area contributed by atoms with E-state index in [1.807, 2.05) is 32.0 Å². The van der Waals surface area contributed by atoms with Crippen molar-refractivity contribution in [3.8, 4) is 0 Å². The second-order valence-corrected chi connectivity index (χ2v) is 5.40. The summed E-state index contributed by atoms with van der Waals surface area (Å²) in [4.78, 5) is 16.0.